The SMILES string of the molecule is CCP(Br)(c1cccc(Cl)c1)(c1cccc(Cl)c1)c1cccc(Cl)c1. The second-order valence-electron chi connectivity index (χ2n) is 5.94. The second kappa shape index (κ2) is 7.22. The minimum atomic E-state index is -2.94. The van der Waals surface area contributed by atoms with Gasteiger partial charge in [-0.1, -0.05) is 0 Å². The molecule has 0 saturated heterocycles. The van der Waals surface area contributed by atoms with Gasteiger partial charge in [0.05, 0.1) is 0 Å². The van der Waals surface area contributed by atoms with E-state index in [9.17, 15) is 0 Å². The molecule has 3 aromatic carbocycles. The van der Waals surface area contributed by atoms with E-state index in [1.54, 1.807) is 0 Å². The molecule has 0 aliphatic rings. The van der Waals surface area contributed by atoms with Crippen LogP contribution < -0.4 is 15.9 Å². The van der Waals surface area contributed by atoms with Gasteiger partial charge >= 0.3 is 172 Å². The quantitative estimate of drug-likeness (QED) is 0.365. The topological polar surface area (TPSA) is 0 Å². The van der Waals surface area contributed by atoms with Crippen LogP contribution in [-0.2, 0) is 0 Å². The monoisotopic (exact) mass is 472 g/mol. The van der Waals surface area contributed by atoms with E-state index < -0.39 is 5.31 Å². The predicted octanol–water partition coefficient (Wildman–Crippen LogP) is 6.81. The second-order valence-corrected chi connectivity index (χ2v) is 16.5. The summed E-state index contributed by atoms with van der Waals surface area (Å²) >= 11 is 23.3. The van der Waals surface area contributed by atoms with E-state index >= 15 is 0 Å². The van der Waals surface area contributed by atoms with Crippen LogP contribution in [0, 0.1) is 0 Å². The molecule has 0 radical (unpaired) electrons. The molecule has 0 unspecified atom stereocenters. The minimum absolute atomic E-state index is 0.712. The molecule has 0 fully saturated rings. The van der Waals surface area contributed by atoms with E-state index in [4.69, 9.17) is 34.8 Å². The maximum atomic E-state index is 6.36. The zero-order valence-corrected chi connectivity index (χ0v) is 18.3. The Bertz CT molecular complexity index is 812. The molecule has 0 heterocycles. The molecule has 0 aromatic heterocycles. The fourth-order valence-corrected chi connectivity index (χ4v) is 10.5. The Hall–Kier alpha value is -0.560. The van der Waals surface area contributed by atoms with Gasteiger partial charge in [0.1, 0.15) is 0 Å². The van der Waals surface area contributed by atoms with Gasteiger partial charge in [-0.25, -0.2) is 0 Å². The summed E-state index contributed by atoms with van der Waals surface area (Å²) in [4.78, 5) is 0. The molecule has 0 aliphatic carbocycles. The predicted molar refractivity (Wildman–Crippen MR) is 120 cm³/mol. The summed E-state index contributed by atoms with van der Waals surface area (Å²) in [6.45, 7) is 2.19. The standard InChI is InChI=1S/C20H17BrCl3P/c1-2-25(21,18-9-3-6-15(22)12-18,19-10-4-7-16(23)13-19)20-11-5-8-17(24)14-20/h3-14H,2H2,1H3. The van der Waals surface area contributed by atoms with Crippen LogP contribution in [0.5, 0.6) is 0 Å². The van der Waals surface area contributed by atoms with Gasteiger partial charge in [0.2, 0.25) is 0 Å². The first kappa shape index (κ1) is 19.2. The Morgan fingerprint density at radius 1 is 0.680 bits per heavy atom. The van der Waals surface area contributed by atoms with Crippen LogP contribution in [0.1, 0.15) is 6.92 Å². The van der Waals surface area contributed by atoms with Gasteiger partial charge in [-0.3, -0.25) is 0 Å². The Morgan fingerprint density at radius 3 is 1.24 bits per heavy atom. The van der Waals surface area contributed by atoms with Crippen LogP contribution in [0.4, 0.5) is 0 Å². The molecule has 0 spiro atoms. The normalized spacial score (nSPS) is 13.2. The molecule has 3 rings (SSSR count). The van der Waals surface area contributed by atoms with Gasteiger partial charge in [0.15, 0.2) is 0 Å². The zero-order valence-electron chi connectivity index (χ0n) is 13.6. The molecule has 0 saturated carbocycles. The molecule has 25 heavy (non-hydrogen) atoms. The van der Waals surface area contributed by atoms with Crippen molar-refractivity contribution in [1.29, 1.82) is 0 Å². The van der Waals surface area contributed by atoms with Gasteiger partial charge in [-0.2, -0.15) is 0 Å². The molecule has 0 nitrogen and oxygen atoms in total. The molecule has 3 aromatic rings. The van der Waals surface area contributed by atoms with Gasteiger partial charge in [0.25, 0.3) is 0 Å². The Labute approximate surface area is 171 Å². The van der Waals surface area contributed by atoms with Gasteiger partial charge in [-0.15, -0.1) is 0 Å². The van der Waals surface area contributed by atoms with Crippen molar-refractivity contribution in [3.8, 4) is 0 Å². The van der Waals surface area contributed by atoms with E-state index in [-0.39, 0.29) is 0 Å². The summed E-state index contributed by atoms with van der Waals surface area (Å²) < 4.78 is 0. The summed E-state index contributed by atoms with van der Waals surface area (Å²) in [5, 5.41) is 2.67. The van der Waals surface area contributed by atoms with Crippen LogP contribution in [0.3, 0.4) is 0 Å². The summed E-state index contributed by atoms with van der Waals surface area (Å²) in [5.74, 6) is 0. The van der Waals surface area contributed by atoms with Crippen molar-refractivity contribution in [3.63, 3.8) is 0 Å². The van der Waals surface area contributed by atoms with E-state index in [1.807, 2.05) is 54.6 Å². The average Bonchev–Trinajstić information content (AvgIpc) is 2.61. The number of hydrogen-bond acceptors (Lipinski definition) is 0. The van der Waals surface area contributed by atoms with E-state index in [0.717, 1.165) is 22.1 Å². The Kier molecular flexibility index (Phi) is 5.55. The molecule has 0 amide bonds. The molecular weight excluding hydrogens is 457 g/mol. The molecule has 0 atom stereocenters. The summed E-state index contributed by atoms with van der Waals surface area (Å²) in [6.07, 6.45) is 0.868. The molecule has 130 valence electrons. The van der Waals surface area contributed by atoms with Crippen LogP contribution >= 0.6 is 55.6 Å². The van der Waals surface area contributed by atoms with Crippen LogP contribution in [0.15, 0.2) is 72.8 Å². The summed E-state index contributed by atoms with van der Waals surface area (Å²) in [5.41, 5.74) is 0. The molecular formula is C20H17BrCl3P. The van der Waals surface area contributed by atoms with Gasteiger partial charge in [-0.05, 0) is 0 Å². The zero-order chi connectivity index (χ0) is 18.1. The van der Waals surface area contributed by atoms with E-state index in [1.165, 1.54) is 0 Å². The van der Waals surface area contributed by atoms with E-state index in [0.29, 0.717) is 15.1 Å². The first-order valence-corrected chi connectivity index (χ1v) is 13.5. The van der Waals surface area contributed by atoms with Crippen molar-refractivity contribution in [2.45, 2.75) is 6.92 Å². The molecule has 0 bridgehead atoms. The fraction of sp³-hybridized carbons (Fsp3) is 0.100. The van der Waals surface area contributed by atoms with E-state index in [2.05, 4.69) is 40.6 Å². The Morgan fingerprint density at radius 2 is 1.00 bits per heavy atom. The van der Waals surface area contributed by atoms with Gasteiger partial charge in [0, 0.05) is 0 Å². The molecule has 0 N–H and O–H groups in total. The van der Waals surface area contributed by atoms with Crippen LogP contribution in [0.2, 0.25) is 15.1 Å². The maximum absolute atomic E-state index is 6.36. The number of benzene rings is 3. The first-order valence-electron chi connectivity index (χ1n) is 7.89. The number of halogens is 4. The van der Waals surface area contributed by atoms with Crippen LogP contribution in [-0.4, -0.2) is 6.16 Å². The number of rotatable bonds is 4. The van der Waals surface area contributed by atoms with Crippen molar-refractivity contribution < 1.29 is 0 Å². The van der Waals surface area contributed by atoms with Crippen molar-refractivity contribution in [1.82, 2.24) is 0 Å². The third kappa shape index (κ3) is 3.27. The third-order valence-electron chi connectivity index (χ3n) is 4.63. The number of hydrogen-bond donors (Lipinski definition) is 0. The summed E-state index contributed by atoms with van der Waals surface area (Å²) in [7, 11) is 0. The Balaban J connectivity index is 2.46. The fourth-order valence-electron chi connectivity index (χ4n) is 3.29. The molecule has 5 heteroatoms. The third-order valence-corrected chi connectivity index (χ3v) is 15.8. The van der Waals surface area contributed by atoms with Crippen LogP contribution in [0.25, 0.3) is 0 Å². The first-order chi connectivity index (χ1) is 11.9. The average molecular weight is 475 g/mol. The van der Waals surface area contributed by atoms with Crippen molar-refractivity contribution in [2.24, 2.45) is 0 Å². The van der Waals surface area contributed by atoms with Crippen molar-refractivity contribution in [2.75, 3.05) is 6.16 Å². The van der Waals surface area contributed by atoms with Crippen molar-refractivity contribution >= 4 is 71.5 Å². The summed E-state index contributed by atoms with van der Waals surface area (Å²) in [6, 6.07) is 24.2. The van der Waals surface area contributed by atoms with Gasteiger partial charge < -0.3 is 0 Å². The molecule has 0 aliphatic heterocycles. The van der Waals surface area contributed by atoms with Crippen molar-refractivity contribution in [3.05, 3.63) is 87.9 Å².